The number of rotatable bonds is 8. The van der Waals surface area contributed by atoms with Crippen molar-refractivity contribution in [1.82, 2.24) is 10.3 Å². The number of carbonyl (C=O) groups excluding carboxylic acids is 1. The van der Waals surface area contributed by atoms with Gasteiger partial charge in [0.15, 0.2) is 5.78 Å². The Hall–Kier alpha value is -2.99. The van der Waals surface area contributed by atoms with Gasteiger partial charge in [0.05, 0.1) is 0 Å². The van der Waals surface area contributed by atoms with Crippen molar-refractivity contribution in [3.63, 3.8) is 0 Å². The van der Waals surface area contributed by atoms with Crippen LogP contribution in [0.15, 0.2) is 54.7 Å². The van der Waals surface area contributed by atoms with Gasteiger partial charge in [0, 0.05) is 35.6 Å². The molecule has 1 unspecified atom stereocenters. The first kappa shape index (κ1) is 17.8. The molecule has 0 amide bonds. The van der Waals surface area contributed by atoms with E-state index >= 15 is 0 Å². The minimum absolute atomic E-state index is 0.186. The lowest BCUT2D eigenvalue weighted by molar-refractivity contribution is -0.139. The van der Waals surface area contributed by atoms with Gasteiger partial charge in [-0.2, -0.15) is 0 Å². The van der Waals surface area contributed by atoms with Crippen LogP contribution in [0.4, 0.5) is 4.39 Å². The van der Waals surface area contributed by atoms with E-state index in [4.69, 9.17) is 0 Å². The molecule has 1 heterocycles. The number of carboxylic acid groups (broad SMARTS) is 1. The molecule has 0 bridgehead atoms. The molecule has 0 radical (unpaired) electrons. The zero-order chi connectivity index (χ0) is 18.5. The highest BCUT2D eigenvalue weighted by Gasteiger charge is 2.21. The van der Waals surface area contributed by atoms with Crippen molar-refractivity contribution in [3.05, 3.63) is 71.7 Å². The normalized spacial score (nSPS) is 12.2. The lowest BCUT2D eigenvalue weighted by atomic mass is 10.0. The maximum atomic E-state index is 12.9. The molecule has 0 aliphatic carbocycles. The van der Waals surface area contributed by atoms with E-state index in [1.165, 1.54) is 24.3 Å². The predicted molar refractivity (Wildman–Crippen MR) is 96.8 cm³/mol. The first-order valence-corrected chi connectivity index (χ1v) is 8.34. The Labute approximate surface area is 149 Å². The largest absolute Gasteiger partial charge is 0.480 e. The second-order valence-corrected chi connectivity index (χ2v) is 6.09. The summed E-state index contributed by atoms with van der Waals surface area (Å²) in [5, 5.41) is 13.4. The third-order valence-electron chi connectivity index (χ3n) is 4.31. The summed E-state index contributed by atoms with van der Waals surface area (Å²) in [5.74, 6) is -1.86. The van der Waals surface area contributed by atoms with E-state index in [-0.39, 0.29) is 12.2 Å². The Morgan fingerprint density at radius 3 is 2.58 bits per heavy atom. The van der Waals surface area contributed by atoms with Gasteiger partial charge in [-0.05, 0) is 42.3 Å². The molecule has 0 spiro atoms. The van der Waals surface area contributed by atoms with Crippen molar-refractivity contribution >= 4 is 22.7 Å². The summed E-state index contributed by atoms with van der Waals surface area (Å²) < 4.78 is 12.9. The molecule has 0 fully saturated rings. The molecule has 3 rings (SSSR count). The molecule has 134 valence electrons. The van der Waals surface area contributed by atoms with Crippen LogP contribution in [0.3, 0.4) is 0 Å². The number of fused-ring (bicyclic) bond motifs is 1. The second-order valence-electron chi connectivity index (χ2n) is 6.09. The van der Waals surface area contributed by atoms with Crippen molar-refractivity contribution < 1.29 is 19.1 Å². The smallest absolute Gasteiger partial charge is 0.321 e. The van der Waals surface area contributed by atoms with Crippen LogP contribution in [-0.2, 0) is 11.2 Å². The number of aromatic nitrogens is 1. The van der Waals surface area contributed by atoms with E-state index in [0.29, 0.717) is 18.5 Å². The van der Waals surface area contributed by atoms with E-state index in [9.17, 15) is 19.1 Å². The summed E-state index contributed by atoms with van der Waals surface area (Å²) in [5.41, 5.74) is 2.42. The molecule has 26 heavy (non-hydrogen) atoms. The SMILES string of the molecule is O=C(CC(NCCc1c[nH]c2ccccc12)C(=O)O)c1ccc(F)cc1. The standard InChI is InChI=1S/C20H19FN2O3/c21-15-7-5-13(6-8-15)19(24)11-18(20(25)26)22-10-9-14-12-23-17-4-2-1-3-16(14)17/h1-8,12,18,22-23H,9-11H2,(H,25,26). The third kappa shape index (κ3) is 4.15. The maximum absolute atomic E-state index is 12.9. The number of hydrogen-bond acceptors (Lipinski definition) is 3. The molecule has 0 saturated carbocycles. The van der Waals surface area contributed by atoms with Crippen LogP contribution in [0.25, 0.3) is 10.9 Å². The van der Waals surface area contributed by atoms with Crippen molar-refractivity contribution in [2.75, 3.05) is 6.54 Å². The van der Waals surface area contributed by atoms with Gasteiger partial charge in [-0.25, -0.2) is 4.39 Å². The zero-order valence-electron chi connectivity index (χ0n) is 14.0. The number of para-hydroxylation sites is 1. The summed E-state index contributed by atoms with van der Waals surface area (Å²) in [6, 6.07) is 12.0. The Morgan fingerprint density at radius 1 is 1.12 bits per heavy atom. The topological polar surface area (TPSA) is 82.2 Å². The van der Waals surface area contributed by atoms with Crippen LogP contribution < -0.4 is 5.32 Å². The van der Waals surface area contributed by atoms with E-state index in [2.05, 4.69) is 10.3 Å². The molecule has 0 aliphatic rings. The molecular formula is C20H19FN2O3. The number of nitrogens with one attached hydrogen (secondary N) is 2. The zero-order valence-corrected chi connectivity index (χ0v) is 14.0. The number of halogens is 1. The maximum Gasteiger partial charge on any atom is 0.321 e. The number of H-pyrrole nitrogens is 1. The highest BCUT2D eigenvalue weighted by atomic mass is 19.1. The van der Waals surface area contributed by atoms with E-state index in [0.717, 1.165) is 16.5 Å². The number of aliphatic carboxylic acids is 1. The average molecular weight is 354 g/mol. The van der Waals surface area contributed by atoms with Gasteiger partial charge in [0.2, 0.25) is 0 Å². The highest BCUT2D eigenvalue weighted by Crippen LogP contribution is 2.17. The third-order valence-corrected chi connectivity index (χ3v) is 4.31. The summed E-state index contributed by atoms with van der Waals surface area (Å²) in [4.78, 5) is 26.8. The van der Waals surface area contributed by atoms with Crippen LogP contribution >= 0.6 is 0 Å². The molecule has 3 N–H and O–H groups in total. The number of carbonyl (C=O) groups is 2. The molecule has 5 nitrogen and oxygen atoms in total. The van der Waals surface area contributed by atoms with Gasteiger partial charge in [0.1, 0.15) is 11.9 Å². The minimum Gasteiger partial charge on any atom is -0.480 e. The quantitative estimate of drug-likeness (QED) is 0.543. The number of Topliss-reactive ketones (excluding diaryl/α,β-unsaturated/α-hetero) is 1. The fourth-order valence-corrected chi connectivity index (χ4v) is 2.91. The Morgan fingerprint density at radius 2 is 1.85 bits per heavy atom. The van der Waals surface area contributed by atoms with Crippen molar-refractivity contribution in [2.24, 2.45) is 0 Å². The van der Waals surface area contributed by atoms with Crippen LogP contribution in [0.2, 0.25) is 0 Å². The highest BCUT2D eigenvalue weighted by molar-refractivity contribution is 5.98. The Bertz CT molecular complexity index is 918. The Balaban J connectivity index is 1.59. The van der Waals surface area contributed by atoms with Crippen LogP contribution in [0, 0.1) is 5.82 Å². The monoisotopic (exact) mass is 354 g/mol. The fraction of sp³-hybridized carbons (Fsp3) is 0.200. The van der Waals surface area contributed by atoms with E-state index in [1.807, 2.05) is 30.5 Å². The van der Waals surface area contributed by atoms with Gasteiger partial charge in [0.25, 0.3) is 0 Å². The fourth-order valence-electron chi connectivity index (χ4n) is 2.91. The lowest BCUT2D eigenvalue weighted by Crippen LogP contribution is -2.39. The van der Waals surface area contributed by atoms with Gasteiger partial charge in [-0.1, -0.05) is 18.2 Å². The van der Waals surface area contributed by atoms with Gasteiger partial charge < -0.3 is 15.4 Å². The van der Waals surface area contributed by atoms with Crippen molar-refractivity contribution in [3.8, 4) is 0 Å². The first-order chi connectivity index (χ1) is 12.5. The molecule has 0 aliphatic heterocycles. The first-order valence-electron chi connectivity index (χ1n) is 8.34. The summed E-state index contributed by atoms with van der Waals surface area (Å²) in [6.45, 7) is 0.426. The molecule has 1 aromatic heterocycles. The average Bonchev–Trinajstić information content (AvgIpc) is 3.04. The van der Waals surface area contributed by atoms with Gasteiger partial charge in [-0.15, -0.1) is 0 Å². The van der Waals surface area contributed by atoms with Crippen LogP contribution in [-0.4, -0.2) is 34.4 Å². The summed E-state index contributed by atoms with van der Waals surface area (Å²) >= 11 is 0. The predicted octanol–water partition coefficient (Wildman–Crippen LogP) is 3.17. The minimum atomic E-state index is -1.08. The van der Waals surface area contributed by atoms with Crippen molar-refractivity contribution in [2.45, 2.75) is 18.9 Å². The van der Waals surface area contributed by atoms with Gasteiger partial charge >= 0.3 is 5.97 Å². The van der Waals surface area contributed by atoms with E-state index in [1.54, 1.807) is 0 Å². The molecule has 0 saturated heterocycles. The summed E-state index contributed by atoms with van der Waals surface area (Å²) in [7, 11) is 0. The lowest BCUT2D eigenvalue weighted by Gasteiger charge is -2.13. The molecular weight excluding hydrogens is 335 g/mol. The second kappa shape index (κ2) is 7.93. The van der Waals surface area contributed by atoms with Crippen LogP contribution in [0.5, 0.6) is 0 Å². The molecule has 1 atom stereocenters. The molecule has 3 aromatic rings. The molecule has 6 heteroatoms. The van der Waals surface area contributed by atoms with E-state index < -0.39 is 17.8 Å². The number of benzene rings is 2. The Kier molecular flexibility index (Phi) is 5.43. The van der Waals surface area contributed by atoms with Crippen LogP contribution in [0.1, 0.15) is 22.3 Å². The number of hydrogen-bond donors (Lipinski definition) is 3. The number of ketones is 1. The summed E-state index contributed by atoms with van der Waals surface area (Å²) in [6.07, 6.45) is 2.36. The number of aromatic amines is 1. The van der Waals surface area contributed by atoms with Gasteiger partial charge in [-0.3, -0.25) is 9.59 Å². The number of carboxylic acids is 1. The molecule has 2 aromatic carbocycles. The van der Waals surface area contributed by atoms with Crippen molar-refractivity contribution in [1.29, 1.82) is 0 Å².